The summed E-state index contributed by atoms with van der Waals surface area (Å²) in [4.78, 5) is 25.8. The molecule has 2 amide bonds. The van der Waals surface area contributed by atoms with Crippen LogP contribution in [0.15, 0.2) is 29.2 Å². The van der Waals surface area contributed by atoms with Crippen LogP contribution in [0.5, 0.6) is 5.75 Å². The van der Waals surface area contributed by atoms with E-state index >= 15 is 0 Å². The topological polar surface area (TPSA) is 70.7 Å². The fourth-order valence-corrected chi connectivity index (χ4v) is 3.21. The number of amides is 2. The van der Waals surface area contributed by atoms with Crippen molar-refractivity contribution in [2.45, 2.75) is 13.5 Å². The first-order valence-electron chi connectivity index (χ1n) is 7.72. The van der Waals surface area contributed by atoms with Crippen LogP contribution >= 0.6 is 24.0 Å². The molecule has 0 saturated carbocycles. The van der Waals surface area contributed by atoms with E-state index in [-0.39, 0.29) is 22.4 Å². The number of halogens is 2. The van der Waals surface area contributed by atoms with Crippen LogP contribution in [0.2, 0.25) is 0 Å². The minimum Gasteiger partial charge on any atom is -0.435 e. The van der Waals surface area contributed by atoms with Gasteiger partial charge in [0, 0.05) is 19.6 Å². The zero-order valence-corrected chi connectivity index (χ0v) is 15.5. The fraction of sp³-hybridized carbons (Fsp3) is 0.312. The molecule has 0 bridgehead atoms. The van der Waals surface area contributed by atoms with Crippen LogP contribution < -0.4 is 15.4 Å². The molecule has 0 radical (unpaired) electrons. The number of carbonyl (C=O) groups excluding carboxylic acids is 2. The molecule has 140 valence electrons. The molecule has 0 unspecified atom stereocenters. The number of benzene rings is 1. The normalized spacial score (nSPS) is 15.7. The van der Waals surface area contributed by atoms with Crippen LogP contribution in [0.1, 0.15) is 12.5 Å². The summed E-state index contributed by atoms with van der Waals surface area (Å²) in [6.45, 7) is 0.218. The largest absolute Gasteiger partial charge is 0.435 e. The van der Waals surface area contributed by atoms with Crippen molar-refractivity contribution in [2.75, 3.05) is 19.6 Å². The molecule has 1 aliphatic rings. The summed E-state index contributed by atoms with van der Waals surface area (Å²) < 4.78 is 28.5. The van der Waals surface area contributed by atoms with Crippen LogP contribution in [0, 0.1) is 0 Å². The number of imide groups is 1. The van der Waals surface area contributed by atoms with E-state index in [1.807, 2.05) is 6.92 Å². The Balaban J connectivity index is 1.96. The first-order chi connectivity index (χ1) is 12.4. The molecule has 1 aromatic carbocycles. The second kappa shape index (κ2) is 9.48. The Morgan fingerprint density at radius 3 is 2.62 bits per heavy atom. The summed E-state index contributed by atoms with van der Waals surface area (Å²) in [7, 11) is 0. The Hall–Kier alpha value is -2.20. The highest BCUT2D eigenvalue weighted by atomic mass is 32.2. The number of carbonyl (C=O) groups is 2. The van der Waals surface area contributed by atoms with Gasteiger partial charge < -0.3 is 15.4 Å². The number of thioether (sulfide) groups is 1. The standard InChI is InChI=1S/C16H17F2N3O3S2/c1-2-19-15(25)20-7-8-21-13(22)12(26-16(21)23)9-10-3-5-11(6-4-10)24-14(17)18/h3-6,9,14H,2,7-8H2,1H3,(H2,19,20,25)/b12-9-. The first kappa shape index (κ1) is 20.1. The Kier molecular flexibility index (Phi) is 7.34. The number of ether oxygens (including phenoxy) is 1. The molecule has 0 spiro atoms. The monoisotopic (exact) mass is 401 g/mol. The number of nitrogens with one attached hydrogen (secondary N) is 2. The van der Waals surface area contributed by atoms with Gasteiger partial charge in [-0.15, -0.1) is 0 Å². The Morgan fingerprint density at radius 2 is 2.00 bits per heavy atom. The second-order valence-corrected chi connectivity index (χ2v) is 6.47. The van der Waals surface area contributed by atoms with Gasteiger partial charge in [-0.05, 0) is 54.7 Å². The lowest BCUT2D eigenvalue weighted by molar-refractivity contribution is -0.122. The van der Waals surface area contributed by atoms with Gasteiger partial charge >= 0.3 is 6.61 Å². The second-order valence-electron chi connectivity index (χ2n) is 5.07. The molecule has 6 nitrogen and oxygen atoms in total. The van der Waals surface area contributed by atoms with Crippen molar-refractivity contribution in [1.82, 2.24) is 15.5 Å². The third kappa shape index (κ3) is 5.67. The van der Waals surface area contributed by atoms with Crippen molar-refractivity contribution in [2.24, 2.45) is 0 Å². The predicted molar refractivity (Wildman–Crippen MR) is 100 cm³/mol. The maximum Gasteiger partial charge on any atom is 0.387 e. The molecule has 26 heavy (non-hydrogen) atoms. The van der Waals surface area contributed by atoms with Crippen molar-refractivity contribution in [3.05, 3.63) is 34.7 Å². The van der Waals surface area contributed by atoms with Gasteiger partial charge in [-0.3, -0.25) is 14.5 Å². The number of thiocarbonyl (C=S) groups is 1. The van der Waals surface area contributed by atoms with E-state index in [0.29, 0.717) is 23.8 Å². The number of hydrogen-bond acceptors (Lipinski definition) is 5. The Labute approximate surface area is 158 Å². The lowest BCUT2D eigenvalue weighted by atomic mass is 10.2. The van der Waals surface area contributed by atoms with E-state index in [1.165, 1.54) is 30.3 Å². The van der Waals surface area contributed by atoms with Gasteiger partial charge in [0.05, 0.1) is 4.91 Å². The molecular weight excluding hydrogens is 384 g/mol. The molecule has 1 saturated heterocycles. The van der Waals surface area contributed by atoms with E-state index < -0.39 is 12.5 Å². The minimum atomic E-state index is -2.90. The summed E-state index contributed by atoms with van der Waals surface area (Å²) in [5, 5.41) is 5.91. The molecule has 1 fully saturated rings. The predicted octanol–water partition coefficient (Wildman–Crippen LogP) is 2.81. The quantitative estimate of drug-likeness (QED) is 0.538. The molecule has 1 heterocycles. The maximum absolute atomic E-state index is 12.3. The van der Waals surface area contributed by atoms with Crippen molar-refractivity contribution in [3.8, 4) is 5.75 Å². The van der Waals surface area contributed by atoms with Gasteiger partial charge in [-0.1, -0.05) is 12.1 Å². The van der Waals surface area contributed by atoms with Gasteiger partial charge in [-0.2, -0.15) is 8.78 Å². The fourth-order valence-electron chi connectivity index (χ4n) is 2.09. The molecule has 2 rings (SSSR count). The maximum atomic E-state index is 12.3. The van der Waals surface area contributed by atoms with E-state index in [4.69, 9.17) is 12.2 Å². The van der Waals surface area contributed by atoms with E-state index in [2.05, 4.69) is 15.4 Å². The highest BCUT2D eigenvalue weighted by molar-refractivity contribution is 8.18. The molecule has 2 N–H and O–H groups in total. The molecular formula is C16H17F2N3O3S2. The highest BCUT2D eigenvalue weighted by Gasteiger charge is 2.34. The third-order valence-electron chi connectivity index (χ3n) is 3.23. The Morgan fingerprint density at radius 1 is 1.31 bits per heavy atom. The molecule has 0 aromatic heterocycles. The van der Waals surface area contributed by atoms with Crippen LogP contribution in [0.4, 0.5) is 13.6 Å². The molecule has 10 heteroatoms. The summed E-state index contributed by atoms with van der Waals surface area (Å²) in [5.41, 5.74) is 0.601. The van der Waals surface area contributed by atoms with Gasteiger partial charge in [0.15, 0.2) is 5.11 Å². The average Bonchev–Trinajstić information content (AvgIpc) is 2.84. The summed E-state index contributed by atoms with van der Waals surface area (Å²) in [5.74, 6) is -0.378. The summed E-state index contributed by atoms with van der Waals surface area (Å²) in [6.07, 6.45) is 1.54. The van der Waals surface area contributed by atoms with Gasteiger partial charge in [-0.25, -0.2) is 0 Å². The minimum absolute atomic E-state index is 0.0213. The number of nitrogens with zero attached hydrogens (tertiary/aromatic N) is 1. The average molecular weight is 401 g/mol. The molecule has 0 aliphatic carbocycles. The molecule has 1 aliphatic heterocycles. The third-order valence-corrected chi connectivity index (χ3v) is 4.43. The van der Waals surface area contributed by atoms with E-state index in [0.717, 1.165) is 16.7 Å². The number of hydrogen-bond donors (Lipinski definition) is 2. The first-order valence-corrected chi connectivity index (χ1v) is 8.95. The zero-order chi connectivity index (χ0) is 19.1. The van der Waals surface area contributed by atoms with Gasteiger partial charge in [0.25, 0.3) is 11.1 Å². The smallest absolute Gasteiger partial charge is 0.387 e. The van der Waals surface area contributed by atoms with E-state index in [1.54, 1.807) is 0 Å². The summed E-state index contributed by atoms with van der Waals surface area (Å²) >= 11 is 5.85. The van der Waals surface area contributed by atoms with Crippen LogP contribution in [-0.2, 0) is 4.79 Å². The van der Waals surface area contributed by atoms with Gasteiger partial charge in [0.2, 0.25) is 0 Å². The van der Waals surface area contributed by atoms with Crippen molar-refractivity contribution >= 4 is 46.3 Å². The molecule has 1 aromatic rings. The van der Waals surface area contributed by atoms with Crippen LogP contribution in [-0.4, -0.2) is 47.4 Å². The van der Waals surface area contributed by atoms with Crippen LogP contribution in [0.3, 0.4) is 0 Å². The number of rotatable bonds is 7. The lowest BCUT2D eigenvalue weighted by Crippen LogP contribution is -2.41. The number of alkyl halides is 2. The SMILES string of the molecule is CCNC(=S)NCCN1C(=O)S/C(=C\c2ccc(OC(F)F)cc2)C1=O. The van der Waals surface area contributed by atoms with Crippen molar-refractivity contribution in [3.63, 3.8) is 0 Å². The lowest BCUT2D eigenvalue weighted by Gasteiger charge is -2.14. The van der Waals surface area contributed by atoms with Crippen molar-refractivity contribution < 1.29 is 23.1 Å². The van der Waals surface area contributed by atoms with E-state index in [9.17, 15) is 18.4 Å². The van der Waals surface area contributed by atoms with Crippen molar-refractivity contribution in [1.29, 1.82) is 0 Å². The highest BCUT2D eigenvalue weighted by Crippen LogP contribution is 2.32. The van der Waals surface area contributed by atoms with Gasteiger partial charge in [0.1, 0.15) is 5.75 Å². The zero-order valence-electron chi connectivity index (χ0n) is 13.8. The van der Waals surface area contributed by atoms with Crippen LogP contribution in [0.25, 0.3) is 6.08 Å². The Bertz CT molecular complexity index is 711. The molecule has 0 atom stereocenters. The summed E-state index contributed by atoms with van der Waals surface area (Å²) in [6, 6.07) is 5.80.